The zero-order valence-electron chi connectivity index (χ0n) is 7.94. The predicted octanol–water partition coefficient (Wildman–Crippen LogP) is 2.03. The molecule has 0 saturated carbocycles. The zero-order valence-corrected chi connectivity index (χ0v) is 7.94. The number of hydrogen-bond acceptors (Lipinski definition) is 3. The van der Waals surface area contributed by atoms with Crippen LogP contribution in [0.5, 0.6) is 0 Å². The molecule has 2 rings (SSSR count). The molecule has 2 N–H and O–H groups in total. The number of aryl methyl sites for hydroxylation is 1. The highest BCUT2D eigenvalue weighted by atomic mass is 14.7. The first-order valence-electron chi connectivity index (χ1n) is 4.40. The van der Waals surface area contributed by atoms with Gasteiger partial charge in [-0.3, -0.25) is 9.97 Å². The number of hydrogen-bond donors (Lipinski definition) is 1. The molecule has 2 aromatic rings. The normalized spacial score (nSPS) is 10.1. The highest BCUT2D eigenvalue weighted by molar-refractivity contribution is 5.68. The summed E-state index contributed by atoms with van der Waals surface area (Å²) in [6.07, 6.45) is 5.19. The van der Waals surface area contributed by atoms with E-state index in [9.17, 15) is 0 Å². The van der Waals surface area contributed by atoms with Gasteiger partial charge in [-0.25, -0.2) is 0 Å². The van der Waals surface area contributed by atoms with Crippen molar-refractivity contribution in [2.45, 2.75) is 6.92 Å². The van der Waals surface area contributed by atoms with Crippen molar-refractivity contribution in [1.29, 1.82) is 0 Å². The molecule has 0 amide bonds. The van der Waals surface area contributed by atoms with E-state index in [-0.39, 0.29) is 0 Å². The largest absolute Gasteiger partial charge is 0.397 e. The number of aromatic nitrogens is 2. The van der Waals surface area contributed by atoms with E-state index in [1.54, 1.807) is 18.6 Å². The Morgan fingerprint density at radius 1 is 1.21 bits per heavy atom. The second-order valence-corrected chi connectivity index (χ2v) is 3.14. The van der Waals surface area contributed by atoms with Gasteiger partial charge in [-0.15, -0.1) is 0 Å². The summed E-state index contributed by atoms with van der Waals surface area (Å²) < 4.78 is 0. The summed E-state index contributed by atoms with van der Waals surface area (Å²) >= 11 is 0. The maximum Gasteiger partial charge on any atom is 0.0507 e. The Kier molecular flexibility index (Phi) is 2.14. The third-order valence-electron chi connectivity index (χ3n) is 2.10. The molecule has 0 aromatic carbocycles. The Balaban J connectivity index is 2.57. The van der Waals surface area contributed by atoms with Crippen LogP contribution in [0.25, 0.3) is 11.1 Å². The van der Waals surface area contributed by atoms with Gasteiger partial charge >= 0.3 is 0 Å². The Morgan fingerprint density at radius 3 is 2.64 bits per heavy atom. The molecular formula is C11H11N3. The zero-order chi connectivity index (χ0) is 9.97. The van der Waals surface area contributed by atoms with E-state index in [1.165, 1.54) is 0 Å². The van der Waals surface area contributed by atoms with Gasteiger partial charge in [-0.2, -0.15) is 0 Å². The molecular weight excluding hydrogens is 174 g/mol. The fraction of sp³-hybridized carbons (Fsp3) is 0.0909. The number of nitrogen functional groups attached to an aromatic ring is 1. The van der Waals surface area contributed by atoms with Crippen molar-refractivity contribution >= 4 is 5.69 Å². The molecule has 70 valence electrons. The van der Waals surface area contributed by atoms with Crippen LogP contribution in [0, 0.1) is 6.92 Å². The molecule has 3 nitrogen and oxygen atoms in total. The molecule has 0 unspecified atom stereocenters. The van der Waals surface area contributed by atoms with E-state index < -0.39 is 0 Å². The number of nitrogens with zero attached hydrogens (tertiary/aromatic N) is 2. The van der Waals surface area contributed by atoms with Crippen LogP contribution in [0.15, 0.2) is 36.8 Å². The minimum absolute atomic E-state index is 0.683. The van der Waals surface area contributed by atoms with E-state index in [1.807, 2.05) is 25.1 Å². The van der Waals surface area contributed by atoms with Crippen LogP contribution in [-0.4, -0.2) is 9.97 Å². The second kappa shape index (κ2) is 3.46. The Hall–Kier alpha value is -1.90. The lowest BCUT2D eigenvalue weighted by atomic mass is 10.1. The molecule has 3 heteroatoms. The third-order valence-corrected chi connectivity index (χ3v) is 2.10. The molecule has 0 fully saturated rings. The third kappa shape index (κ3) is 1.57. The summed E-state index contributed by atoms with van der Waals surface area (Å²) in [5, 5.41) is 0. The Morgan fingerprint density at radius 2 is 1.93 bits per heavy atom. The van der Waals surface area contributed by atoms with Crippen molar-refractivity contribution in [2.75, 3.05) is 5.73 Å². The number of anilines is 1. The molecule has 0 aliphatic heterocycles. The van der Waals surface area contributed by atoms with Crippen molar-refractivity contribution in [3.05, 3.63) is 42.5 Å². The SMILES string of the molecule is Cc1ncc(N)cc1-c1ccncc1. The fourth-order valence-electron chi connectivity index (χ4n) is 1.37. The lowest BCUT2D eigenvalue weighted by molar-refractivity contribution is 1.20. The first-order chi connectivity index (χ1) is 6.77. The summed E-state index contributed by atoms with van der Waals surface area (Å²) in [4.78, 5) is 8.18. The van der Waals surface area contributed by atoms with E-state index in [0.717, 1.165) is 16.8 Å². The van der Waals surface area contributed by atoms with E-state index in [0.29, 0.717) is 5.69 Å². The average molecular weight is 185 g/mol. The van der Waals surface area contributed by atoms with Crippen molar-refractivity contribution in [1.82, 2.24) is 9.97 Å². The van der Waals surface area contributed by atoms with Gasteiger partial charge in [-0.05, 0) is 30.7 Å². The van der Waals surface area contributed by atoms with Crippen molar-refractivity contribution < 1.29 is 0 Å². The van der Waals surface area contributed by atoms with Gasteiger partial charge in [0.1, 0.15) is 0 Å². The number of pyridine rings is 2. The smallest absolute Gasteiger partial charge is 0.0507 e. The lowest BCUT2D eigenvalue weighted by Crippen LogP contribution is -1.92. The fourth-order valence-corrected chi connectivity index (χ4v) is 1.37. The summed E-state index contributed by atoms with van der Waals surface area (Å²) in [7, 11) is 0. The molecule has 0 atom stereocenters. The first-order valence-corrected chi connectivity index (χ1v) is 4.40. The van der Waals surface area contributed by atoms with Crippen LogP contribution in [0.2, 0.25) is 0 Å². The van der Waals surface area contributed by atoms with Crippen LogP contribution < -0.4 is 5.73 Å². The summed E-state index contributed by atoms with van der Waals surface area (Å²) in [5.41, 5.74) is 9.50. The highest BCUT2D eigenvalue weighted by Crippen LogP contribution is 2.22. The average Bonchev–Trinajstić information content (AvgIpc) is 2.23. The van der Waals surface area contributed by atoms with Crippen LogP contribution in [-0.2, 0) is 0 Å². The molecule has 0 radical (unpaired) electrons. The van der Waals surface area contributed by atoms with E-state index in [2.05, 4.69) is 9.97 Å². The molecule has 0 aliphatic carbocycles. The summed E-state index contributed by atoms with van der Waals surface area (Å²) in [6, 6.07) is 5.82. The standard InChI is InChI=1S/C11H11N3/c1-8-11(6-10(12)7-14-8)9-2-4-13-5-3-9/h2-7H,12H2,1H3. The van der Waals surface area contributed by atoms with Gasteiger partial charge in [0.2, 0.25) is 0 Å². The van der Waals surface area contributed by atoms with Gasteiger partial charge in [0, 0.05) is 23.7 Å². The number of nitrogens with two attached hydrogens (primary N) is 1. The van der Waals surface area contributed by atoms with Crippen LogP contribution in [0.3, 0.4) is 0 Å². The van der Waals surface area contributed by atoms with Crippen LogP contribution >= 0.6 is 0 Å². The van der Waals surface area contributed by atoms with Crippen molar-refractivity contribution in [3.63, 3.8) is 0 Å². The quantitative estimate of drug-likeness (QED) is 0.739. The van der Waals surface area contributed by atoms with Gasteiger partial charge in [0.15, 0.2) is 0 Å². The molecule has 0 bridgehead atoms. The molecule has 0 aliphatic rings. The van der Waals surface area contributed by atoms with E-state index in [4.69, 9.17) is 5.73 Å². The molecule has 2 aromatic heterocycles. The van der Waals surface area contributed by atoms with Crippen LogP contribution in [0.1, 0.15) is 5.69 Å². The molecule has 2 heterocycles. The topological polar surface area (TPSA) is 51.8 Å². The Labute approximate surface area is 82.6 Å². The Bertz CT molecular complexity index is 438. The second-order valence-electron chi connectivity index (χ2n) is 3.14. The summed E-state index contributed by atoms with van der Waals surface area (Å²) in [6.45, 7) is 1.97. The molecule has 14 heavy (non-hydrogen) atoms. The monoisotopic (exact) mass is 185 g/mol. The lowest BCUT2D eigenvalue weighted by Gasteiger charge is -2.05. The molecule has 0 saturated heterocycles. The first kappa shape index (κ1) is 8.69. The van der Waals surface area contributed by atoms with Gasteiger partial charge in [-0.1, -0.05) is 0 Å². The number of rotatable bonds is 1. The van der Waals surface area contributed by atoms with Gasteiger partial charge in [0.05, 0.1) is 11.9 Å². The predicted molar refractivity (Wildman–Crippen MR) is 56.6 cm³/mol. The maximum absolute atomic E-state index is 5.69. The minimum Gasteiger partial charge on any atom is -0.397 e. The van der Waals surface area contributed by atoms with Gasteiger partial charge in [0.25, 0.3) is 0 Å². The maximum atomic E-state index is 5.69. The minimum atomic E-state index is 0.683. The van der Waals surface area contributed by atoms with Crippen LogP contribution in [0.4, 0.5) is 5.69 Å². The van der Waals surface area contributed by atoms with Crippen molar-refractivity contribution in [3.8, 4) is 11.1 Å². The highest BCUT2D eigenvalue weighted by Gasteiger charge is 2.02. The van der Waals surface area contributed by atoms with Crippen molar-refractivity contribution in [2.24, 2.45) is 0 Å². The molecule has 0 spiro atoms. The van der Waals surface area contributed by atoms with E-state index >= 15 is 0 Å². The van der Waals surface area contributed by atoms with Gasteiger partial charge < -0.3 is 5.73 Å². The summed E-state index contributed by atoms with van der Waals surface area (Å²) in [5.74, 6) is 0.